The molecule has 1 aliphatic carbocycles. The van der Waals surface area contributed by atoms with Crippen molar-refractivity contribution in [3.05, 3.63) is 12.2 Å². The van der Waals surface area contributed by atoms with Crippen LogP contribution in [0.2, 0.25) is 0 Å². The zero-order valence-corrected chi connectivity index (χ0v) is 7.01. The first-order valence-electron chi connectivity index (χ1n) is 4.29. The van der Waals surface area contributed by atoms with Crippen LogP contribution in [0.5, 0.6) is 0 Å². The summed E-state index contributed by atoms with van der Waals surface area (Å²) in [5, 5.41) is 0. The van der Waals surface area contributed by atoms with Crippen molar-refractivity contribution in [1.29, 1.82) is 0 Å². The van der Waals surface area contributed by atoms with Gasteiger partial charge in [0.25, 0.3) is 0 Å². The first-order valence-corrected chi connectivity index (χ1v) is 4.29. The molecular weight excluding hydrogens is 122 g/mol. The highest BCUT2D eigenvalue weighted by Crippen LogP contribution is 2.15. The third-order valence-electron chi connectivity index (χ3n) is 2.12. The van der Waals surface area contributed by atoms with Crippen LogP contribution in [0.4, 0.5) is 0 Å². The smallest absolute Gasteiger partial charge is 0.0312 e. The summed E-state index contributed by atoms with van der Waals surface area (Å²) < 4.78 is 0. The molecule has 0 spiro atoms. The molecule has 0 amide bonds. The molecule has 0 saturated carbocycles. The molecule has 0 N–H and O–H groups in total. The van der Waals surface area contributed by atoms with Crippen LogP contribution in [0.25, 0.3) is 0 Å². The van der Waals surface area contributed by atoms with Crippen LogP contribution < -0.4 is 0 Å². The second-order valence-corrected chi connectivity index (χ2v) is 2.86. The van der Waals surface area contributed by atoms with Gasteiger partial charge >= 0.3 is 0 Å². The van der Waals surface area contributed by atoms with Crippen LogP contribution in [-0.4, -0.2) is 24.0 Å². The molecule has 1 atom stereocenters. The Balaban J connectivity index is 2.25. The van der Waals surface area contributed by atoms with E-state index >= 15 is 0 Å². The molecule has 0 saturated heterocycles. The Hall–Kier alpha value is -0.300. The highest BCUT2D eigenvalue weighted by atomic mass is 15.1. The number of likely N-dealkylation sites (N-methyl/N-ethyl adjacent to an activating group) is 1. The lowest BCUT2D eigenvalue weighted by atomic mass is 10.0. The van der Waals surface area contributed by atoms with E-state index in [0.29, 0.717) is 0 Å². The standard InChI is InChI=1S/C9H17N/c1-3-8-10(4-2)9-6-5-7-9/h5-6,9H,3-4,7-8H2,1-2H3. The average molecular weight is 139 g/mol. The van der Waals surface area contributed by atoms with Crippen LogP contribution in [0.15, 0.2) is 12.2 Å². The van der Waals surface area contributed by atoms with Gasteiger partial charge in [-0.2, -0.15) is 0 Å². The summed E-state index contributed by atoms with van der Waals surface area (Å²) in [6.07, 6.45) is 7.11. The molecular formula is C9H17N. The van der Waals surface area contributed by atoms with E-state index in [0.717, 1.165) is 6.04 Å². The van der Waals surface area contributed by atoms with Gasteiger partial charge in [-0.3, -0.25) is 4.90 Å². The van der Waals surface area contributed by atoms with E-state index in [1.165, 1.54) is 25.9 Å². The number of hydrogen-bond donors (Lipinski definition) is 0. The second-order valence-electron chi connectivity index (χ2n) is 2.86. The molecule has 0 fully saturated rings. The maximum Gasteiger partial charge on any atom is 0.0312 e. The lowest BCUT2D eigenvalue weighted by Crippen LogP contribution is -2.36. The minimum atomic E-state index is 0.768. The minimum Gasteiger partial charge on any atom is -0.297 e. The monoisotopic (exact) mass is 139 g/mol. The van der Waals surface area contributed by atoms with Gasteiger partial charge in [0.15, 0.2) is 0 Å². The maximum absolute atomic E-state index is 2.53. The molecule has 0 radical (unpaired) electrons. The highest BCUT2D eigenvalue weighted by molar-refractivity contribution is 5.07. The van der Waals surface area contributed by atoms with E-state index in [4.69, 9.17) is 0 Å². The Morgan fingerprint density at radius 1 is 1.50 bits per heavy atom. The van der Waals surface area contributed by atoms with Gasteiger partial charge < -0.3 is 0 Å². The van der Waals surface area contributed by atoms with Crippen molar-refractivity contribution >= 4 is 0 Å². The molecule has 0 bridgehead atoms. The van der Waals surface area contributed by atoms with Gasteiger partial charge in [-0.25, -0.2) is 0 Å². The largest absolute Gasteiger partial charge is 0.297 e. The first kappa shape index (κ1) is 7.80. The molecule has 0 aromatic carbocycles. The van der Waals surface area contributed by atoms with E-state index in [2.05, 4.69) is 30.9 Å². The van der Waals surface area contributed by atoms with Crippen molar-refractivity contribution in [3.63, 3.8) is 0 Å². The molecule has 58 valence electrons. The van der Waals surface area contributed by atoms with Gasteiger partial charge in [0.05, 0.1) is 0 Å². The van der Waals surface area contributed by atoms with Crippen molar-refractivity contribution < 1.29 is 0 Å². The summed E-state index contributed by atoms with van der Waals surface area (Å²) in [7, 11) is 0. The van der Waals surface area contributed by atoms with E-state index in [1.54, 1.807) is 0 Å². The van der Waals surface area contributed by atoms with Gasteiger partial charge in [-0.05, 0) is 25.9 Å². The van der Waals surface area contributed by atoms with E-state index in [1.807, 2.05) is 0 Å². The Bertz CT molecular complexity index is 118. The Morgan fingerprint density at radius 3 is 2.50 bits per heavy atom. The molecule has 1 unspecified atom stereocenters. The predicted molar refractivity (Wildman–Crippen MR) is 45.1 cm³/mol. The molecule has 1 heteroatoms. The molecule has 1 aliphatic rings. The lowest BCUT2D eigenvalue weighted by molar-refractivity contribution is 0.230. The second kappa shape index (κ2) is 3.77. The number of nitrogens with zero attached hydrogens (tertiary/aromatic N) is 1. The molecule has 0 aromatic heterocycles. The van der Waals surface area contributed by atoms with E-state index in [9.17, 15) is 0 Å². The third-order valence-corrected chi connectivity index (χ3v) is 2.12. The molecule has 0 heterocycles. The van der Waals surface area contributed by atoms with Gasteiger partial charge in [0.2, 0.25) is 0 Å². The minimum absolute atomic E-state index is 0.768. The Morgan fingerprint density at radius 2 is 2.20 bits per heavy atom. The summed E-state index contributed by atoms with van der Waals surface area (Å²) >= 11 is 0. The summed E-state index contributed by atoms with van der Waals surface area (Å²) in [5.41, 5.74) is 0. The summed E-state index contributed by atoms with van der Waals surface area (Å²) in [5.74, 6) is 0. The zero-order chi connectivity index (χ0) is 7.40. The van der Waals surface area contributed by atoms with Crippen molar-refractivity contribution in [2.24, 2.45) is 0 Å². The third kappa shape index (κ3) is 1.60. The van der Waals surface area contributed by atoms with E-state index < -0.39 is 0 Å². The molecule has 0 aromatic rings. The fourth-order valence-electron chi connectivity index (χ4n) is 1.37. The highest BCUT2D eigenvalue weighted by Gasteiger charge is 2.16. The van der Waals surface area contributed by atoms with Crippen molar-refractivity contribution in [3.8, 4) is 0 Å². The first-order chi connectivity index (χ1) is 4.88. The van der Waals surface area contributed by atoms with Crippen LogP contribution >= 0.6 is 0 Å². The van der Waals surface area contributed by atoms with Crippen molar-refractivity contribution in [2.45, 2.75) is 32.7 Å². The van der Waals surface area contributed by atoms with Crippen LogP contribution in [0, 0.1) is 0 Å². The van der Waals surface area contributed by atoms with Gasteiger partial charge in [-0.15, -0.1) is 0 Å². The summed E-state index contributed by atoms with van der Waals surface area (Å²) in [6, 6.07) is 0.768. The fourth-order valence-corrected chi connectivity index (χ4v) is 1.37. The van der Waals surface area contributed by atoms with Crippen molar-refractivity contribution in [1.82, 2.24) is 4.90 Å². The average Bonchev–Trinajstić information content (AvgIpc) is 1.83. The fraction of sp³-hybridized carbons (Fsp3) is 0.778. The maximum atomic E-state index is 2.53. The van der Waals surface area contributed by atoms with Crippen LogP contribution in [0.3, 0.4) is 0 Å². The van der Waals surface area contributed by atoms with Gasteiger partial charge in [0, 0.05) is 6.04 Å². The van der Waals surface area contributed by atoms with Gasteiger partial charge in [-0.1, -0.05) is 26.0 Å². The van der Waals surface area contributed by atoms with Crippen LogP contribution in [0.1, 0.15) is 26.7 Å². The normalized spacial score (nSPS) is 23.3. The molecule has 1 rings (SSSR count). The zero-order valence-electron chi connectivity index (χ0n) is 7.01. The molecule has 1 nitrogen and oxygen atoms in total. The number of hydrogen-bond acceptors (Lipinski definition) is 1. The summed E-state index contributed by atoms with van der Waals surface area (Å²) in [4.78, 5) is 2.53. The summed E-state index contributed by atoms with van der Waals surface area (Å²) in [6.45, 7) is 6.93. The quantitative estimate of drug-likeness (QED) is 0.539. The SMILES string of the molecule is CCCN(CC)C1C=CC1. The topological polar surface area (TPSA) is 3.24 Å². The van der Waals surface area contributed by atoms with Crippen molar-refractivity contribution in [2.75, 3.05) is 13.1 Å². The lowest BCUT2D eigenvalue weighted by Gasteiger charge is -2.31. The molecule has 10 heavy (non-hydrogen) atoms. The Labute approximate surface area is 63.7 Å². The number of rotatable bonds is 4. The Kier molecular flexibility index (Phi) is 2.94. The predicted octanol–water partition coefficient (Wildman–Crippen LogP) is 2.05. The van der Waals surface area contributed by atoms with Crippen LogP contribution in [-0.2, 0) is 0 Å². The van der Waals surface area contributed by atoms with E-state index in [-0.39, 0.29) is 0 Å². The molecule has 0 aliphatic heterocycles. The van der Waals surface area contributed by atoms with Gasteiger partial charge in [0.1, 0.15) is 0 Å².